The van der Waals surface area contributed by atoms with Crippen molar-refractivity contribution >= 4 is 5.91 Å². The van der Waals surface area contributed by atoms with E-state index in [1.54, 1.807) is 12.1 Å². The van der Waals surface area contributed by atoms with Crippen LogP contribution in [0.25, 0.3) is 0 Å². The topological polar surface area (TPSA) is 49.3 Å². The van der Waals surface area contributed by atoms with Crippen LogP contribution in [0.5, 0.6) is 5.75 Å². The van der Waals surface area contributed by atoms with E-state index in [2.05, 4.69) is 5.32 Å². The number of para-hydroxylation sites is 1. The minimum Gasteiger partial charge on any atom is -0.508 e. The zero-order chi connectivity index (χ0) is 10.6. The van der Waals surface area contributed by atoms with Gasteiger partial charge in [-0.2, -0.15) is 0 Å². The molecule has 2 N–H and O–H groups in total. The number of hydrogen-bond donors (Lipinski definition) is 2. The summed E-state index contributed by atoms with van der Waals surface area (Å²) in [6.45, 7) is 3.44. The Morgan fingerprint density at radius 1 is 1.50 bits per heavy atom. The largest absolute Gasteiger partial charge is 0.508 e. The fourth-order valence-electron chi connectivity index (χ4n) is 1.43. The minimum atomic E-state index is -0.103. The van der Waals surface area contributed by atoms with Crippen LogP contribution in [-0.4, -0.2) is 11.0 Å². The van der Waals surface area contributed by atoms with Crippen molar-refractivity contribution in [2.45, 2.75) is 26.3 Å². The SMILES string of the molecule is CC[C@@H](NC(C)=O)c1ccccc1O. The fraction of sp³-hybridized carbons (Fsp3) is 0.364. The Morgan fingerprint density at radius 3 is 2.64 bits per heavy atom. The van der Waals surface area contributed by atoms with E-state index < -0.39 is 0 Å². The van der Waals surface area contributed by atoms with E-state index in [1.165, 1.54) is 6.92 Å². The number of amides is 1. The van der Waals surface area contributed by atoms with Gasteiger partial charge in [0.15, 0.2) is 0 Å². The predicted octanol–water partition coefficient (Wildman–Crippen LogP) is 1.98. The molecule has 0 fully saturated rings. The number of benzene rings is 1. The van der Waals surface area contributed by atoms with E-state index in [0.29, 0.717) is 0 Å². The van der Waals surface area contributed by atoms with Gasteiger partial charge >= 0.3 is 0 Å². The second-order valence-electron chi connectivity index (χ2n) is 3.22. The number of aromatic hydroxyl groups is 1. The van der Waals surface area contributed by atoms with Crippen molar-refractivity contribution in [2.75, 3.05) is 0 Å². The molecule has 0 unspecified atom stereocenters. The molecular weight excluding hydrogens is 178 g/mol. The van der Waals surface area contributed by atoms with E-state index in [1.807, 2.05) is 19.1 Å². The highest BCUT2D eigenvalue weighted by Crippen LogP contribution is 2.25. The Kier molecular flexibility index (Phi) is 3.51. The van der Waals surface area contributed by atoms with Gasteiger partial charge in [-0.25, -0.2) is 0 Å². The lowest BCUT2D eigenvalue weighted by Gasteiger charge is -2.17. The molecule has 0 aliphatic heterocycles. The lowest BCUT2D eigenvalue weighted by Crippen LogP contribution is -2.25. The highest BCUT2D eigenvalue weighted by atomic mass is 16.3. The smallest absolute Gasteiger partial charge is 0.217 e. The van der Waals surface area contributed by atoms with E-state index in [0.717, 1.165) is 12.0 Å². The molecule has 3 heteroatoms. The zero-order valence-electron chi connectivity index (χ0n) is 8.45. The molecule has 0 spiro atoms. The second kappa shape index (κ2) is 4.65. The molecule has 0 radical (unpaired) electrons. The standard InChI is InChI=1S/C11H15NO2/c1-3-10(12-8(2)13)9-6-4-5-7-11(9)14/h4-7,10,14H,3H2,1-2H3,(H,12,13)/t10-/m1/s1. The summed E-state index contributed by atoms with van der Waals surface area (Å²) < 4.78 is 0. The monoisotopic (exact) mass is 193 g/mol. The van der Waals surface area contributed by atoms with Gasteiger partial charge in [0.05, 0.1) is 6.04 Å². The molecule has 0 aliphatic carbocycles. The molecule has 0 aliphatic rings. The number of phenols is 1. The van der Waals surface area contributed by atoms with Crippen molar-refractivity contribution in [3.8, 4) is 5.75 Å². The first-order chi connectivity index (χ1) is 6.65. The molecule has 1 aromatic rings. The number of carbonyl (C=O) groups excluding carboxylic acids is 1. The van der Waals surface area contributed by atoms with Crippen molar-refractivity contribution in [3.63, 3.8) is 0 Å². The van der Waals surface area contributed by atoms with Crippen molar-refractivity contribution in [1.29, 1.82) is 0 Å². The van der Waals surface area contributed by atoms with Crippen LogP contribution in [0.1, 0.15) is 31.9 Å². The average molecular weight is 193 g/mol. The highest BCUT2D eigenvalue weighted by molar-refractivity contribution is 5.73. The third-order valence-corrected chi connectivity index (χ3v) is 2.10. The van der Waals surface area contributed by atoms with Crippen LogP contribution >= 0.6 is 0 Å². The minimum absolute atomic E-state index is 0.0832. The van der Waals surface area contributed by atoms with Gasteiger partial charge in [0.25, 0.3) is 0 Å². The number of phenolic OH excluding ortho intramolecular Hbond substituents is 1. The highest BCUT2D eigenvalue weighted by Gasteiger charge is 2.13. The van der Waals surface area contributed by atoms with E-state index in [4.69, 9.17) is 0 Å². The van der Waals surface area contributed by atoms with Gasteiger partial charge in [0.2, 0.25) is 5.91 Å². The number of nitrogens with one attached hydrogen (secondary N) is 1. The quantitative estimate of drug-likeness (QED) is 0.771. The zero-order valence-corrected chi connectivity index (χ0v) is 8.45. The van der Waals surface area contributed by atoms with Gasteiger partial charge in [0.1, 0.15) is 5.75 Å². The molecule has 76 valence electrons. The molecule has 0 aromatic heterocycles. The lowest BCUT2D eigenvalue weighted by atomic mass is 10.0. The Labute approximate surface area is 83.8 Å². The summed E-state index contributed by atoms with van der Waals surface area (Å²) in [7, 11) is 0. The van der Waals surface area contributed by atoms with Crippen LogP contribution < -0.4 is 5.32 Å². The molecule has 0 saturated carbocycles. The molecule has 0 bridgehead atoms. The van der Waals surface area contributed by atoms with Gasteiger partial charge < -0.3 is 10.4 Å². The third kappa shape index (κ3) is 2.49. The summed E-state index contributed by atoms with van der Waals surface area (Å²) in [4.78, 5) is 10.9. The van der Waals surface area contributed by atoms with Gasteiger partial charge in [-0.15, -0.1) is 0 Å². The van der Waals surface area contributed by atoms with Crippen LogP contribution in [-0.2, 0) is 4.79 Å². The van der Waals surface area contributed by atoms with Crippen molar-refractivity contribution in [3.05, 3.63) is 29.8 Å². The average Bonchev–Trinajstić information content (AvgIpc) is 2.15. The molecule has 1 atom stereocenters. The van der Waals surface area contributed by atoms with Crippen LogP contribution in [0.15, 0.2) is 24.3 Å². The molecule has 14 heavy (non-hydrogen) atoms. The predicted molar refractivity (Wildman–Crippen MR) is 55.0 cm³/mol. The number of hydrogen-bond acceptors (Lipinski definition) is 2. The maximum absolute atomic E-state index is 10.9. The fourth-order valence-corrected chi connectivity index (χ4v) is 1.43. The van der Waals surface area contributed by atoms with Crippen LogP contribution in [0.4, 0.5) is 0 Å². The Hall–Kier alpha value is -1.51. The second-order valence-corrected chi connectivity index (χ2v) is 3.22. The summed E-state index contributed by atoms with van der Waals surface area (Å²) >= 11 is 0. The maximum Gasteiger partial charge on any atom is 0.217 e. The summed E-state index contributed by atoms with van der Waals surface area (Å²) in [6, 6.07) is 6.95. The van der Waals surface area contributed by atoms with Crippen LogP contribution in [0.2, 0.25) is 0 Å². The summed E-state index contributed by atoms with van der Waals surface area (Å²) in [5.41, 5.74) is 0.769. The van der Waals surface area contributed by atoms with Gasteiger partial charge in [-0.1, -0.05) is 25.1 Å². The van der Waals surface area contributed by atoms with Crippen LogP contribution in [0.3, 0.4) is 0 Å². The molecule has 0 heterocycles. The number of rotatable bonds is 3. The summed E-state index contributed by atoms with van der Waals surface area (Å²) in [6.07, 6.45) is 0.761. The van der Waals surface area contributed by atoms with Crippen molar-refractivity contribution in [1.82, 2.24) is 5.32 Å². The third-order valence-electron chi connectivity index (χ3n) is 2.10. The first-order valence-electron chi connectivity index (χ1n) is 4.70. The van der Waals surface area contributed by atoms with Gasteiger partial charge in [-0.3, -0.25) is 4.79 Å². The van der Waals surface area contributed by atoms with E-state index >= 15 is 0 Å². The molecular formula is C11H15NO2. The Bertz CT molecular complexity index is 323. The van der Waals surface area contributed by atoms with Crippen molar-refractivity contribution in [2.24, 2.45) is 0 Å². The van der Waals surface area contributed by atoms with E-state index in [9.17, 15) is 9.90 Å². The first kappa shape index (κ1) is 10.6. The normalized spacial score (nSPS) is 12.1. The number of carbonyl (C=O) groups is 1. The Morgan fingerprint density at radius 2 is 2.14 bits per heavy atom. The van der Waals surface area contributed by atoms with E-state index in [-0.39, 0.29) is 17.7 Å². The first-order valence-corrected chi connectivity index (χ1v) is 4.70. The molecule has 1 aromatic carbocycles. The summed E-state index contributed by atoms with van der Waals surface area (Å²) in [5.74, 6) is 0.146. The molecule has 3 nitrogen and oxygen atoms in total. The van der Waals surface area contributed by atoms with Gasteiger partial charge in [-0.05, 0) is 12.5 Å². The Balaban J connectivity index is 2.89. The summed E-state index contributed by atoms with van der Waals surface area (Å²) in [5, 5.41) is 12.4. The lowest BCUT2D eigenvalue weighted by molar-refractivity contribution is -0.119. The molecule has 0 saturated heterocycles. The van der Waals surface area contributed by atoms with Crippen molar-refractivity contribution < 1.29 is 9.90 Å². The van der Waals surface area contributed by atoms with Crippen LogP contribution in [0, 0.1) is 0 Å². The van der Waals surface area contributed by atoms with Gasteiger partial charge in [0, 0.05) is 12.5 Å². The maximum atomic E-state index is 10.9. The molecule has 1 rings (SSSR count). The molecule has 1 amide bonds.